The SMILES string of the molecule is COc1ccccc1S(=O)(=O)NC(C)(C)c1ccccc1. The van der Waals surface area contributed by atoms with E-state index in [-0.39, 0.29) is 4.90 Å². The number of benzene rings is 2. The van der Waals surface area contributed by atoms with Gasteiger partial charge in [-0.3, -0.25) is 0 Å². The van der Waals surface area contributed by atoms with Crippen molar-refractivity contribution >= 4 is 10.0 Å². The van der Waals surface area contributed by atoms with Crippen LogP contribution in [0.25, 0.3) is 0 Å². The second kappa shape index (κ2) is 5.87. The average Bonchev–Trinajstić information content (AvgIpc) is 2.47. The molecule has 21 heavy (non-hydrogen) atoms. The number of ether oxygens (including phenoxy) is 1. The molecule has 5 heteroatoms. The summed E-state index contributed by atoms with van der Waals surface area (Å²) in [4.78, 5) is 0.136. The van der Waals surface area contributed by atoms with Gasteiger partial charge in [0.25, 0.3) is 0 Å². The summed E-state index contributed by atoms with van der Waals surface area (Å²) < 4.78 is 33.1. The van der Waals surface area contributed by atoms with Gasteiger partial charge in [-0.15, -0.1) is 0 Å². The van der Waals surface area contributed by atoms with Gasteiger partial charge in [0.2, 0.25) is 10.0 Å². The number of nitrogens with one attached hydrogen (secondary N) is 1. The summed E-state index contributed by atoms with van der Waals surface area (Å²) in [6.45, 7) is 3.66. The van der Waals surface area contributed by atoms with E-state index >= 15 is 0 Å². The molecule has 4 nitrogen and oxygen atoms in total. The molecule has 0 spiro atoms. The summed E-state index contributed by atoms with van der Waals surface area (Å²) in [5.41, 5.74) is 0.171. The highest BCUT2D eigenvalue weighted by molar-refractivity contribution is 7.89. The number of sulfonamides is 1. The van der Waals surface area contributed by atoms with Crippen LogP contribution in [-0.4, -0.2) is 15.5 Å². The lowest BCUT2D eigenvalue weighted by Gasteiger charge is -2.27. The predicted molar refractivity (Wildman–Crippen MR) is 82.8 cm³/mol. The van der Waals surface area contributed by atoms with E-state index in [4.69, 9.17) is 4.74 Å². The summed E-state index contributed by atoms with van der Waals surface area (Å²) >= 11 is 0. The first-order valence-electron chi connectivity index (χ1n) is 6.59. The zero-order chi connectivity index (χ0) is 15.5. The van der Waals surface area contributed by atoms with Gasteiger partial charge in [-0.2, -0.15) is 0 Å². The van der Waals surface area contributed by atoms with E-state index in [1.54, 1.807) is 18.2 Å². The third kappa shape index (κ3) is 3.43. The molecule has 2 rings (SSSR count). The standard InChI is InChI=1S/C16H19NO3S/c1-16(2,13-9-5-4-6-10-13)17-21(18,19)15-12-8-7-11-14(15)20-3/h4-12,17H,1-3H3. The van der Waals surface area contributed by atoms with Crippen LogP contribution in [0.3, 0.4) is 0 Å². The Morgan fingerprint density at radius 3 is 2.14 bits per heavy atom. The molecule has 0 aliphatic heterocycles. The molecule has 0 amide bonds. The molecular formula is C16H19NO3S. The first-order valence-corrected chi connectivity index (χ1v) is 8.08. The third-order valence-corrected chi connectivity index (χ3v) is 4.94. The Kier molecular flexibility index (Phi) is 4.34. The summed E-state index contributed by atoms with van der Waals surface area (Å²) in [6, 6.07) is 16.0. The quantitative estimate of drug-likeness (QED) is 0.924. The molecule has 0 fully saturated rings. The van der Waals surface area contributed by atoms with E-state index in [1.807, 2.05) is 44.2 Å². The van der Waals surface area contributed by atoms with Gasteiger partial charge in [0.1, 0.15) is 10.6 Å². The second-order valence-corrected chi connectivity index (χ2v) is 6.90. The van der Waals surface area contributed by atoms with Crippen molar-refractivity contribution in [2.45, 2.75) is 24.3 Å². The van der Waals surface area contributed by atoms with E-state index in [9.17, 15) is 8.42 Å². The van der Waals surface area contributed by atoms with Gasteiger partial charge in [0, 0.05) is 0 Å². The summed E-state index contributed by atoms with van der Waals surface area (Å²) in [5, 5.41) is 0. The second-order valence-electron chi connectivity index (χ2n) is 5.25. The molecule has 0 aliphatic rings. The van der Waals surface area contributed by atoms with E-state index in [2.05, 4.69) is 4.72 Å². The van der Waals surface area contributed by atoms with Gasteiger partial charge in [0.05, 0.1) is 12.6 Å². The van der Waals surface area contributed by atoms with Crippen molar-refractivity contribution in [2.24, 2.45) is 0 Å². The first kappa shape index (κ1) is 15.5. The lowest BCUT2D eigenvalue weighted by molar-refractivity contribution is 0.400. The van der Waals surface area contributed by atoms with Gasteiger partial charge < -0.3 is 4.74 Å². The van der Waals surface area contributed by atoms with Gasteiger partial charge in [0.15, 0.2) is 0 Å². The van der Waals surface area contributed by atoms with Gasteiger partial charge in [-0.05, 0) is 31.5 Å². The van der Waals surface area contributed by atoms with E-state index in [1.165, 1.54) is 13.2 Å². The number of para-hydroxylation sites is 1. The molecule has 0 atom stereocenters. The predicted octanol–water partition coefficient (Wildman–Crippen LogP) is 2.91. The van der Waals surface area contributed by atoms with Crippen molar-refractivity contribution in [1.29, 1.82) is 0 Å². The van der Waals surface area contributed by atoms with E-state index in [0.717, 1.165) is 5.56 Å². The number of hydrogen-bond acceptors (Lipinski definition) is 3. The van der Waals surface area contributed by atoms with Crippen LogP contribution in [0.5, 0.6) is 5.75 Å². The van der Waals surface area contributed by atoms with Crippen molar-refractivity contribution in [3.05, 3.63) is 60.2 Å². The normalized spacial score (nSPS) is 12.1. The zero-order valence-corrected chi connectivity index (χ0v) is 13.1. The van der Waals surface area contributed by atoms with Crippen LogP contribution in [0, 0.1) is 0 Å². The molecule has 0 aliphatic carbocycles. The Balaban J connectivity index is 2.38. The molecule has 0 saturated carbocycles. The summed E-state index contributed by atoms with van der Waals surface area (Å²) in [6.07, 6.45) is 0. The number of rotatable bonds is 5. The molecule has 0 aromatic heterocycles. The van der Waals surface area contributed by atoms with Crippen LogP contribution in [0.4, 0.5) is 0 Å². The van der Waals surface area contributed by atoms with E-state index in [0.29, 0.717) is 5.75 Å². The van der Waals surface area contributed by atoms with Crippen LogP contribution in [0.15, 0.2) is 59.5 Å². The van der Waals surface area contributed by atoms with Crippen molar-refractivity contribution in [2.75, 3.05) is 7.11 Å². The molecule has 112 valence electrons. The van der Waals surface area contributed by atoms with Gasteiger partial charge in [-0.1, -0.05) is 42.5 Å². The summed E-state index contributed by atoms with van der Waals surface area (Å²) in [5.74, 6) is 0.328. The minimum absolute atomic E-state index is 0.136. The number of methoxy groups -OCH3 is 1. The average molecular weight is 305 g/mol. The monoisotopic (exact) mass is 305 g/mol. The molecule has 0 unspecified atom stereocenters. The van der Waals surface area contributed by atoms with Crippen molar-refractivity contribution in [3.8, 4) is 5.75 Å². The van der Waals surface area contributed by atoms with Crippen molar-refractivity contribution in [3.63, 3.8) is 0 Å². The van der Waals surface area contributed by atoms with Crippen LogP contribution < -0.4 is 9.46 Å². The molecule has 2 aromatic carbocycles. The minimum Gasteiger partial charge on any atom is -0.495 e. The molecular weight excluding hydrogens is 286 g/mol. The fourth-order valence-electron chi connectivity index (χ4n) is 2.15. The Hall–Kier alpha value is -1.85. The molecule has 0 bridgehead atoms. The highest BCUT2D eigenvalue weighted by atomic mass is 32.2. The third-order valence-electron chi connectivity index (χ3n) is 3.24. The highest BCUT2D eigenvalue weighted by Crippen LogP contribution is 2.27. The molecule has 0 heterocycles. The maximum absolute atomic E-state index is 12.6. The molecule has 0 radical (unpaired) electrons. The molecule has 0 saturated heterocycles. The van der Waals surface area contributed by atoms with Crippen LogP contribution >= 0.6 is 0 Å². The van der Waals surface area contributed by atoms with Gasteiger partial charge >= 0.3 is 0 Å². The fraction of sp³-hybridized carbons (Fsp3) is 0.250. The highest BCUT2D eigenvalue weighted by Gasteiger charge is 2.29. The molecule has 1 N–H and O–H groups in total. The fourth-order valence-corrected chi connectivity index (χ4v) is 3.72. The molecule has 2 aromatic rings. The maximum atomic E-state index is 12.6. The Morgan fingerprint density at radius 1 is 0.952 bits per heavy atom. The largest absolute Gasteiger partial charge is 0.495 e. The Bertz CT molecular complexity index is 709. The maximum Gasteiger partial charge on any atom is 0.245 e. The number of hydrogen-bond donors (Lipinski definition) is 1. The minimum atomic E-state index is -3.68. The van der Waals surface area contributed by atoms with Gasteiger partial charge in [-0.25, -0.2) is 13.1 Å². The Labute approximate surface area is 125 Å². The van der Waals surface area contributed by atoms with Crippen LogP contribution in [0.2, 0.25) is 0 Å². The lowest BCUT2D eigenvalue weighted by Crippen LogP contribution is -2.40. The van der Waals surface area contributed by atoms with Crippen molar-refractivity contribution in [1.82, 2.24) is 4.72 Å². The van der Waals surface area contributed by atoms with E-state index < -0.39 is 15.6 Å². The van der Waals surface area contributed by atoms with Crippen LogP contribution in [0.1, 0.15) is 19.4 Å². The van der Waals surface area contributed by atoms with Crippen molar-refractivity contribution < 1.29 is 13.2 Å². The zero-order valence-electron chi connectivity index (χ0n) is 12.3. The first-order chi connectivity index (χ1) is 9.87. The Morgan fingerprint density at radius 2 is 1.52 bits per heavy atom. The topological polar surface area (TPSA) is 55.4 Å². The van der Waals surface area contributed by atoms with Crippen LogP contribution in [-0.2, 0) is 15.6 Å². The smallest absolute Gasteiger partial charge is 0.245 e. The summed E-state index contributed by atoms with van der Waals surface area (Å²) in [7, 11) is -2.23. The lowest BCUT2D eigenvalue weighted by atomic mass is 9.96.